The average Bonchev–Trinajstić information content (AvgIpc) is 2.59. The quantitative estimate of drug-likeness (QED) is 0.557. The number of ether oxygens (including phenoxy) is 1. The smallest absolute Gasteiger partial charge is 0.163 e. The van der Waals surface area contributed by atoms with Crippen molar-refractivity contribution in [2.45, 2.75) is 6.42 Å². The summed E-state index contributed by atoms with van der Waals surface area (Å²) in [6, 6.07) is 9.46. The van der Waals surface area contributed by atoms with Gasteiger partial charge in [0.05, 0.1) is 5.52 Å². The Labute approximate surface area is 136 Å². The highest BCUT2D eigenvalue weighted by molar-refractivity contribution is 6.33. The number of fused-ring (bicyclic) bond motifs is 1. The topological polar surface area (TPSA) is 59.9 Å². The third-order valence-corrected chi connectivity index (χ3v) is 3.46. The highest BCUT2D eigenvalue weighted by Crippen LogP contribution is 2.23. The Morgan fingerprint density at radius 2 is 2.13 bits per heavy atom. The fourth-order valence-corrected chi connectivity index (χ4v) is 2.33. The Morgan fingerprint density at radius 1 is 1.22 bits per heavy atom. The number of rotatable bonds is 6. The lowest BCUT2D eigenvalue weighted by Gasteiger charge is -2.11. The van der Waals surface area contributed by atoms with Gasteiger partial charge in [-0.1, -0.05) is 17.6 Å². The molecule has 3 rings (SSSR count). The third kappa shape index (κ3) is 3.66. The molecule has 2 aromatic heterocycles. The summed E-state index contributed by atoms with van der Waals surface area (Å²) in [7, 11) is 7.60. The zero-order valence-electron chi connectivity index (χ0n) is 13.0. The van der Waals surface area contributed by atoms with E-state index in [2.05, 4.69) is 20.3 Å². The van der Waals surface area contributed by atoms with Gasteiger partial charge in [-0.2, -0.15) is 0 Å². The van der Waals surface area contributed by atoms with Crippen LogP contribution in [0.1, 0.15) is 6.42 Å². The molecule has 0 atom stereocenters. The fraction of sp³-hybridized carbons (Fsp3) is 0.235. The normalized spacial score (nSPS) is 10.8. The first-order valence-corrected chi connectivity index (χ1v) is 7.48. The van der Waals surface area contributed by atoms with E-state index >= 15 is 0 Å². The SMILES string of the molecule is [B]c1ccc2nc(-c3cccnc3)nc(NCCCOC)c2c1. The Balaban J connectivity index is 2.01. The molecule has 0 saturated heterocycles. The number of benzene rings is 1. The molecule has 3 aromatic rings. The van der Waals surface area contributed by atoms with Crippen LogP contribution < -0.4 is 10.8 Å². The molecule has 0 spiro atoms. The van der Waals surface area contributed by atoms with Crippen LogP contribution in [0.2, 0.25) is 0 Å². The van der Waals surface area contributed by atoms with E-state index < -0.39 is 0 Å². The summed E-state index contributed by atoms with van der Waals surface area (Å²) < 4.78 is 5.08. The van der Waals surface area contributed by atoms with Crippen LogP contribution in [0.3, 0.4) is 0 Å². The van der Waals surface area contributed by atoms with Crippen molar-refractivity contribution in [1.82, 2.24) is 15.0 Å². The molecule has 6 heteroatoms. The zero-order valence-corrected chi connectivity index (χ0v) is 13.0. The molecule has 0 fully saturated rings. The number of nitrogens with zero attached hydrogens (tertiary/aromatic N) is 3. The Hall–Kier alpha value is -2.47. The van der Waals surface area contributed by atoms with Crippen LogP contribution in [0.15, 0.2) is 42.7 Å². The second kappa shape index (κ2) is 7.20. The van der Waals surface area contributed by atoms with Crippen LogP contribution in [0.4, 0.5) is 5.82 Å². The lowest BCUT2D eigenvalue weighted by atomic mass is 9.95. The van der Waals surface area contributed by atoms with E-state index in [4.69, 9.17) is 12.6 Å². The molecule has 23 heavy (non-hydrogen) atoms. The highest BCUT2D eigenvalue weighted by atomic mass is 16.5. The van der Waals surface area contributed by atoms with E-state index in [1.807, 2.05) is 30.3 Å². The molecule has 1 aromatic carbocycles. The molecule has 2 heterocycles. The minimum atomic E-state index is 0.643. The largest absolute Gasteiger partial charge is 0.385 e. The van der Waals surface area contributed by atoms with Crippen molar-refractivity contribution in [3.8, 4) is 11.4 Å². The van der Waals surface area contributed by atoms with Crippen LogP contribution in [-0.4, -0.2) is 43.1 Å². The molecule has 2 radical (unpaired) electrons. The Kier molecular flexibility index (Phi) is 4.83. The van der Waals surface area contributed by atoms with Crippen molar-refractivity contribution >= 4 is 30.0 Å². The molecule has 0 aliphatic carbocycles. The maximum Gasteiger partial charge on any atom is 0.163 e. The maximum absolute atomic E-state index is 5.90. The van der Waals surface area contributed by atoms with Gasteiger partial charge in [0.2, 0.25) is 0 Å². The van der Waals surface area contributed by atoms with Crippen molar-refractivity contribution in [3.05, 3.63) is 42.7 Å². The molecular weight excluding hydrogens is 287 g/mol. The maximum atomic E-state index is 5.90. The first kappa shape index (κ1) is 15.4. The van der Waals surface area contributed by atoms with E-state index in [1.54, 1.807) is 19.5 Å². The van der Waals surface area contributed by atoms with Gasteiger partial charge in [-0.25, -0.2) is 9.97 Å². The van der Waals surface area contributed by atoms with E-state index in [0.717, 1.165) is 35.2 Å². The van der Waals surface area contributed by atoms with Crippen LogP contribution in [0.25, 0.3) is 22.3 Å². The molecule has 5 nitrogen and oxygen atoms in total. The number of hydrogen-bond donors (Lipinski definition) is 1. The standard InChI is InChI=1S/C17H17BN4O/c1-23-9-3-8-20-17-14-10-13(18)5-6-15(14)21-16(22-17)12-4-2-7-19-11-12/h2,4-7,10-11H,3,8-9H2,1H3,(H,20,21,22). The van der Waals surface area contributed by atoms with Crippen molar-refractivity contribution in [1.29, 1.82) is 0 Å². The zero-order chi connectivity index (χ0) is 16.1. The Bertz CT molecular complexity index is 795. The second-order valence-corrected chi connectivity index (χ2v) is 5.19. The summed E-state index contributed by atoms with van der Waals surface area (Å²) in [5.41, 5.74) is 2.42. The van der Waals surface area contributed by atoms with E-state index in [1.165, 1.54) is 0 Å². The predicted molar refractivity (Wildman–Crippen MR) is 93.1 cm³/mol. The summed E-state index contributed by atoms with van der Waals surface area (Å²) in [4.78, 5) is 13.4. The molecular formula is C17H17BN4O. The van der Waals surface area contributed by atoms with Crippen molar-refractivity contribution in [2.24, 2.45) is 0 Å². The average molecular weight is 304 g/mol. The number of aromatic nitrogens is 3. The fourth-order valence-electron chi connectivity index (χ4n) is 2.33. The van der Waals surface area contributed by atoms with Crippen LogP contribution >= 0.6 is 0 Å². The van der Waals surface area contributed by atoms with Gasteiger partial charge >= 0.3 is 0 Å². The van der Waals surface area contributed by atoms with Gasteiger partial charge in [0.15, 0.2) is 5.82 Å². The van der Waals surface area contributed by atoms with E-state index in [9.17, 15) is 0 Å². The summed E-state index contributed by atoms with van der Waals surface area (Å²) >= 11 is 0. The molecule has 0 unspecified atom stereocenters. The lowest BCUT2D eigenvalue weighted by Crippen LogP contribution is -2.09. The molecule has 0 aliphatic heterocycles. The third-order valence-electron chi connectivity index (χ3n) is 3.46. The van der Waals surface area contributed by atoms with Gasteiger partial charge in [-0.3, -0.25) is 4.98 Å². The molecule has 0 aliphatic rings. The summed E-state index contributed by atoms with van der Waals surface area (Å²) in [5.74, 6) is 1.42. The minimum absolute atomic E-state index is 0.643. The van der Waals surface area contributed by atoms with Gasteiger partial charge in [0, 0.05) is 43.6 Å². The molecule has 0 saturated carbocycles. The van der Waals surface area contributed by atoms with Crippen molar-refractivity contribution < 1.29 is 4.74 Å². The van der Waals surface area contributed by atoms with Gasteiger partial charge in [0.25, 0.3) is 0 Å². The monoisotopic (exact) mass is 304 g/mol. The molecule has 114 valence electrons. The number of methoxy groups -OCH3 is 1. The van der Waals surface area contributed by atoms with Crippen LogP contribution in [0, 0.1) is 0 Å². The number of anilines is 1. The van der Waals surface area contributed by atoms with E-state index in [-0.39, 0.29) is 0 Å². The first-order chi connectivity index (χ1) is 11.3. The summed E-state index contributed by atoms with van der Waals surface area (Å²) in [6.45, 7) is 1.47. The highest BCUT2D eigenvalue weighted by Gasteiger charge is 2.09. The lowest BCUT2D eigenvalue weighted by molar-refractivity contribution is 0.198. The predicted octanol–water partition coefficient (Wildman–Crippen LogP) is 1.93. The van der Waals surface area contributed by atoms with Crippen LogP contribution in [0.5, 0.6) is 0 Å². The van der Waals surface area contributed by atoms with Gasteiger partial charge in [-0.15, -0.1) is 0 Å². The molecule has 0 bridgehead atoms. The van der Waals surface area contributed by atoms with E-state index in [0.29, 0.717) is 17.9 Å². The van der Waals surface area contributed by atoms with Crippen molar-refractivity contribution in [2.75, 3.05) is 25.6 Å². The molecule has 1 N–H and O–H groups in total. The van der Waals surface area contributed by atoms with Crippen LogP contribution in [-0.2, 0) is 4.74 Å². The Morgan fingerprint density at radius 3 is 2.91 bits per heavy atom. The number of hydrogen-bond acceptors (Lipinski definition) is 5. The second-order valence-electron chi connectivity index (χ2n) is 5.19. The van der Waals surface area contributed by atoms with Gasteiger partial charge in [-0.05, 0) is 24.6 Å². The summed E-state index contributed by atoms with van der Waals surface area (Å²) in [5, 5.41) is 4.26. The minimum Gasteiger partial charge on any atom is -0.385 e. The molecule has 0 amide bonds. The summed E-state index contributed by atoms with van der Waals surface area (Å²) in [6.07, 6.45) is 4.38. The number of pyridine rings is 1. The first-order valence-electron chi connectivity index (χ1n) is 7.48. The van der Waals surface area contributed by atoms with Gasteiger partial charge in [0.1, 0.15) is 13.7 Å². The number of nitrogens with one attached hydrogen (secondary N) is 1. The van der Waals surface area contributed by atoms with Crippen molar-refractivity contribution in [3.63, 3.8) is 0 Å². The van der Waals surface area contributed by atoms with Gasteiger partial charge < -0.3 is 10.1 Å².